The molecule has 8 nitrogen and oxygen atoms in total. The fourth-order valence-corrected chi connectivity index (χ4v) is 7.53. The predicted octanol–water partition coefficient (Wildman–Crippen LogP) is 3.18. The first-order valence-corrected chi connectivity index (χ1v) is 12.6. The number of ether oxygens (including phenoxy) is 3. The molecule has 8 heteroatoms. The summed E-state index contributed by atoms with van der Waals surface area (Å²) >= 11 is 0. The van der Waals surface area contributed by atoms with Crippen LogP contribution in [0.25, 0.3) is 6.08 Å². The van der Waals surface area contributed by atoms with Crippen molar-refractivity contribution < 1.29 is 28.2 Å². The van der Waals surface area contributed by atoms with E-state index in [1.54, 1.807) is 36.7 Å². The fraction of sp³-hybridized carbons (Fsp3) is 0.500. The molecule has 2 aromatic rings. The van der Waals surface area contributed by atoms with E-state index < -0.39 is 11.0 Å². The Hall–Kier alpha value is -3.26. The molecule has 0 radical (unpaired) electrons. The third-order valence-electron chi connectivity index (χ3n) is 9.00. The average molecular weight is 493 g/mol. The smallest absolute Gasteiger partial charge is 0.303 e. The van der Waals surface area contributed by atoms with Gasteiger partial charge in [0.2, 0.25) is 5.91 Å². The van der Waals surface area contributed by atoms with Crippen molar-refractivity contribution >= 4 is 18.0 Å². The van der Waals surface area contributed by atoms with Gasteiger partial charge in [-0.15, -0.1) is 0 Å². The number of rotatable bonds is 5. The fourth-order valence-electron chi connectivity index (χ4n) is 7.53. The minimum Gasteiger partial charge on any atom is -0.493 e. The van der Waals surface area contributed by atoms with Crippen LogP contribution in [0.5, 0.6) is 11.5 Å². The maximum Gasteiger partial charge on any atom is 0.303 e. The molecule has 3 heterocycles. The Morgan fingerprint density at radius 2 is 2.08 bits per heavy atom. The minimum atomic E-state index is -0.728. The van der Waals surface area contributed by atoms with Gasteiger partial charge in [-0.25, -0.2) is 0 Å². The number of furan rings is 1. The van der Waals surface area contributed by atoms with Gasteiger partial charge in [0.1, 0.15) is 11.7 Å². The van der Waals surface area contributed by atoms with Crippen LogP contribution in [0.1, 0.15) is 42.9 Å². The largest absolute Gasteiger partial charge is 0.493 e. The van der Waals surface area contributed by atoms with Gasteiger partial charge >= 0.3 is 5.97 Å². The Morgan fingerprint density at radius 3 is 2.81 bits per heavy atom. The SMILES string of the molecule is COc1ccc2c3c1O[C@H]1[C@H](N(C)C(=O)/C=C/c4ccoc4)CC[C@@]4(OC(C)=O)[C@@H](C2)N(C)CC[C@]314. The number of benzene rings is 1. The molecule has 1 saturated heterocycles. The third-order valence-corrected chi connectivity index (χ3v) is 9.00. The zero-order valence-electron chi connectivity index (χ0n) is 21.2. The van der Waals surface area contributed by atoms with Gasteiger partial charge in [-0.2, -0.15) is 0 Å². The monoisotopic (exact) mass is 492 g/mol. The van der Waals surface area contributed by atoms with Crippen molar-refractivity contribution in [3.63, 3.8) is 0 Å². The number of likely N-dealkylation sites (tertiary alicyclic amines) is 1. The summed E-state index contributed by atoms with van der Waals surface area (Å²) in [4.78, 5) is 30.0. The zero-order valence-corrected chi connectivity index (χ0v) is 21.2. The van der Waals surface area contributed by atoms with Crippen molar-refractivity contribution in [2.75, 3.05) is 27.7 Å². The molecule has 190 valence electrons. The van der Waals surface area contributed by atoms with Crippen molar-refractivity contribution in [2.24, 2.45) is 0 Å². The number of nitrogens with zero attached hydrogens (tertiary/aromatic N) is 2. The molecule has 2 aliphatic heterocycles. The maximum atomic E-state index is 13.3. The topological polar surface area (TPSA) is 81.5 Å². The van der Waals surface area contributed by atoms with E-state index in [2.05, 4.69) is 18.0 Å². The summed E-state index contributed by atoms with van der Waals surface area (Å²) in [6.07, 6.45) is 9.02. The van der Waals surface area contributed by atoms with E-state index in [0.29, 0.717) is 18.6 Å². The quantitative estimate of drug-likeness (QED) is 0.468. The number of hydrogen-bond donors (Lipinski definition) is 0. The van der Waals surface area contributed by atoms with Crippen LogP contribution in [0.4, 0.5) is 0 Å². The summed E-state index contributed by atoms with van der Waals surface area (Å²) in [6.45, 7) is 2.35. The summed E-state index contributed by atoms with van der Waals surface area (Å²) in [7, 11) is 5.60. The second-order valence-electron chi connectivity index (χ2n) is 10.5. The molecule has 0 N–H and O–H groups in total. The normalized spacial score (nSPS) is 32.1. The van der Waals surface area contributed by atoms with Crippen LogP contribution in [-0.4, -0.2) is 73.2 Å². The van der Waals surface area contributed by atoms with Crippen LogP contribution in [0.15, 0.2) is 41.2 Å². The van der Waals surface area contributed by atoms with Crippen molar-refractivity contribution in [1.29, 1.82) is 0 Å². The number of carbonyl (C=O) groups is 2. The number of piperidine rings is 1. The summed E-state index contributed by atoms with van der Waals surface area (Å²) in [5.41, 5.74) is 1.86. The standard InChI is InChI=1S/C28H32N2O6/c1-17(31)36-28-11-9-20(30(3)23(32)8-5-18-10-14-34-16-18)26-27(28)12-13-29(2)22(28)15-19-6-7-21(33-4)25(35-26)24(19)27/h5-8,10,14,16,20,22,26H,9,11-13,15H2,1-4H3/b8-5+/t20-,22-,26+,27+,28-/m1/s1. The van der Waals surface area contributed by atoms with Crippen molar-refractivity contribution in [3.8, 4) is 11.5 Å². The van der Waals surface area contributed by atoms with Gasteiger partial charge in [0, 0.05) is 31.2 Å². The van der Waals surface area contributed by atoms with E-state index in [1.807, 2.05) is 19.2 Å². The summed E-state index contributed by atoms with van der Waals surface area (Å²) in [6, 6.07) is 5.75. The average Bonchev–Trinajstić information content (AvgIpc) is 3.50. The van der Waals surface area contributed by atoms with Crippen LogP contribution in [0, 0.1) is 0 Å². The Morgan fingerprint density at radius 1 is 1.25 bits per heavy atom. The molecule has 36 heavy (non-hydrogen) atoms. The lowest BCUT2D eigenvalue weighted by Crippen LogP contribution is -2.78. The molecule has 4 aliphatic rings. The highest BCUT2D eigenvalue weighted by Gasteiger charge is 2.75. The molecular formula is C28H32N2O6. The number of hydrogen-bond acceptors (Lipinski definition) is 7. The van der Waals surface area contributed by atoms with Crippen LogP contribution in [0.2, 0.25) is 0 Å². The molecular weight excluding hydrogens is 460 g/mol. The second-order valence-corrected chi connectivity index (χ2v) is 10.5. The van der Waals surface area contributed by atoms with Crippen LogP contribution in [0.3, 0.4) is 0 Å². The molecule has 1 spiro atoms. The first kappa shape index (κ1) is 23.2. The zero-order chi connectivity index (χ0) is 25.2. The van der Waals surface area contributed by atoms with Crippen LogP contribution >= 0.6 is 0 Å². The van der Waals surface area contributed by atoms with Gasteiger partial charge in [-0.05, 0) is 63.0 Å². The molecule has 5 atom stereocenters. The van der Waals surface area contributed by atoms with E-state index in [9.17, 15) is 9.59 Å². The molecule has 1 aromatic heterocycles. The molecule has 2 fully saturated rings. The summed E-state index contributed by atoms with van der Waals surface area (Å²) in [5, 5.41) is 0. The van der Waals surface area contributed by atoms with Gasteiger partial charge in [-0.1, -0.05) is 6.07 Å². The van der Waals surface area contributed by atoms with Gasteiger partial charge in [0.15, 0.2) is 11.5 Å². The lowest BCUT2D eigenvalue weighted by atomic mass is 9.48. The van der Waals surface area contributed by atoms with E-state index in [0.717, 1.165) is 36.3 Å². The predicted molar refractivity (Wildman–Crippen MR) is 132 cm³/mol. The highest BCUT2D eigenvalue weighted by atomic mass is 16.6. The van der Waals surface area contributed by atoms with Crippen molar-refractivity contribution in [3.05, 3.63) is 53.5 Å². The number of carbonyl (C=O) groups excluding carboxylic acids is 2. The molecule has 2 aliphatic carbocycles. The maximum absolute atomic E-state index is 13.3. The van der Waals surface area contributed by atoms with E-state index in [4.69, 9.17) is 18.6 Å². The van der Waals surface area contributed by atoms with Gasteiger partial charge in [0.25, 0.3) is 0 Å². The Bertz CT molecular complexity index is 1240. The van der Waals surface area contributed by atoms with Gasteiger partial charge in [-0.3, -0.25) is 14.5 Å². The first-order valence-electron chi connectivity index (χ1n) is 12.6. The molecule has 1 saturated carbocycles. The molecule has 2 bridgehead atoms. The van der Waals surface area contributed by atoms with E-state index in [1.165, 1.54) is 12.5 Å². The van der Waals surface area contributed by atoms with Crippen LogP contribution < -0.4 is 9.47 Å². The summed E-state index contributed by atoms with van der Waals surface area (Å²) < 4.78 is 24.0. The third kappa shape index (κ3) is 2.97. The first-order chi connectivity index (χ1) is 17.3. The lowest BCUT2D eigenvalue weighted by Gasteiger charge is -2.65. The van der Waals surface area contributed by atoms with E-state index in [-0.39, 0.29) is 30.1 Å². The molecule has 6 rings (SSSR count). The van der Waals surface area contributed by atoms with E-state index >= 15 is 0 Å². The highest BCUT2D eigenvalue weighted by Crippen LogP contribution is 2.67. The number of likely N-dealkylation sites (N-methyl/N-ethyl adjacent to an activating group) is 2. The Balaban J connectivity index is 1.47. The minimum absolute atomic E-state index is 0.0380. The second kappa shape index (κ2) is 8.13. The van der Waals surface area contributed by atoms with Gasteiger partial charge < -0.3 is 23.5 Å². The number of esters is 1. The summed E-state index contributed by atoms with van der Waals surface area (Å²) in [5.74, 6) is 1.03. The Labute approximate surface area is 210 Å². The molecule has 1 amide bonds. The van der Waals surface area contributed by atoms with Crippen molar-refractivity contribution in [2.45, 2.75) is 61.8 Å². The van der Waals surface area contributed by atoms with Crippen LogP contribution in [-0.2, 0) is 26.2 Å². The Kier molecular flexibility index (Phi) is 5.23. The van der Waals surface area contributed by atoms with Crippen molar-refractivity contribution in [1.82, 2.24) is 9.80 Å². The lowest BCUT2D eigenvalue weighted by molar-refractivity contribution is -0.220. The molecule has 0 unspecified atom stereocenters. The van der Waals surface area contributed by atoms with Gasteiger partial charge in [0.05, 0.1) is 37.1 Å². The number of amides is 1. The number of methoxy groups -OCH3 is 1. The highest BCUT2D eigenvalue weighted by molar-refractivity contribution is 5.92. The molecule has 1 aromatic carbocycles.